The minimum absolute atomic E-state index is 0.302. The van der Waals surface area contributed by atoms with Crippen LogP contribution in [0.4, 0.5) is 13.2 Å². The van der Waals surface area contributed by atoms with Gasteiger partial charge in [-0.2, -0.15) is 13.2 Å². The minimum Gasteiger partial charge on any atom is -0.237 e. The molecular formula is C12H9F3N2. The highest BCUT2D eigenvalue weighted by atomic mass is 19.4. The van der Waals surface area contributed by atoms with E-state index >= 15 is 0 Å². The van der Waals surface area contributed by atoms with Crippen LogP contribution >= 0.6 is 0 Å². The Balaban J connectivity index is 2.47. The zero-order valence-corrected chi connectivity index (χ0v) is 8.99. The molecule has 2 aromatic rings. The van der Waals surface area contributed by atoms with Crippen molar-refractivity contribution in [1.29, 1.82) is 0 Å². The fourth-order valence-electron chi connectivity index (χ4n) is 1.42. The van der Waals surface area contributed by atoms with Crippen LogP contribution in [0.1, 0.15) is 11.3 Å². The first-order chi connectivity index (χ1) is 7.97. The van der Waals surface area contributed by atoms with Gasteiger partial charge in [0.2, 0.25) is 0 Å². The van der Waals surface area contributed by atoms with Gasteiger partial charge in [0.15, 0.2) is 5.82 Å². The molecule has 0 spiro atoms. The largest absolute Gasteiger partial charge is 0.416 e. The summed E-state index contributed by atoms with van der Waals surface area (Å²) in [5.74, 6) is 0.302. The first-order valence-electron chi connectivity index (χ1n) is 4.94. The van der Waals surface area contributed by atoms with Gasteiger partial charge < -0.3 is 0 Å². The number of aromatic nitrogens is 2. The van der Waals surface area contributed by atoms with Crippen LogP contribution in [-0.4, -0.2) is 9.97 Å². The third-order valence-corrected chi connectivity index (χ3v) is 2.24. The average Bonchev–Trinajstić information content (AvgIpc) is 2.28. The van der Waals surface area contributed by atoms with Crippen molar-refractivity contribution >= 4 is 0 Å². The summed E-state index contributed by atoms with van der Waals surface area (Å²) in [6.45, 7) is 1.76. The molecule has 17 heavy (non-hydrogen) atoms. The van der Waals surface area contributed by atoms with Crippen molar-refractivity contribution in [2.75, 3.05) is 0 Å². The Kier molecular flexibility index (Phi) is 2.83. The molecule has 0 atom stereocenters. The molecule has 2 rings (SSSR count). The Bertz CT molecular complexity index is 535. The lowest BCUT2D eigenvalue weighted by Crippen LogP contribution is -2.04. The van der Waals surface area contributed by atoms with E-state index in [-0.39, 0.29) is 0 Å². The molecule has 0 saturated carbocycles. The standard InChI is InChI=1S/C12H9F3N2/c1-8-5-6-16-11(17-8)9-3-2-4-10(7-9)12(13,14)15/h2-7H,1H3. The molecule has 1 heterocycles. The van der Waals surface area contributed by atoms with Crippen LogP contribution in [0.3, 0.4) is 0 Å². The first-order valence-corrected chi connectivity index (χ1v) is 4.94. The number of rotatable bonds is 1. The number of benzene rings is 1. The van der Waals surface area contributed by atoms with E-state index in [2.05, 4.69) is 9.97 Å². The summed E-state index contributed by atoms with van der Waals surface area (Å²) < 4.78 is 37.6. The molecule has 5 heteroatoms. The third-order valence-electron chi connectivity index (χ3n) is 2.24. The zero-order chi connectivity index (χ0) is 12.5. The highest BCUT2D eigenvalue weighted by Gasteiger charge is 2.30. The molecule has 0 unspecified atom stereocenters. The van der Waals surface area contributed by atoms with Gasteiger partial charge in [0.05, 0.1) is 5.56 Å². The number of nitrogens with zero attached hydrogens (tertiary/aromatic N) is 2. The summed E-state index contributed by atoms with van der Waals surface area (Å²) in [6.07, 6.45) is -2.82. The first kappa shape index (κ1) is 11.6. The number of hydrogen-bond acceptors (Lipinski definition) is 2. The summed E-state index contributed by atoms with van der Waals surface area (Å²) >= 11 is 0. The average molecular weight is 238 g/mol. The van der Waals surface area contributed by atoms with Crippen LogP contribution in [0, 0.1) is 6.92 Å². The van der Waals surface area contributed by atoms with Crippen LogP contribution in [0.15, 0.2) is 36.5 Å². The Morgan fingerprint density at radius 3 is 2.53 bits per heavy atom. The third kappa shape index (κ3) is 2.61. The SMILES string of the molecule is Cc1ccnc(-c2cccc(C(F)(F)F)c2)n1. The molecule has 0 bridgehead atoms. The molecule has 0 radical (unpaired) electrons. The van der Waals surface area contributed by atoms with E-state index in [0.717, 1.165) is 12.1 Å². The van der Waals surface area contributed by atoms with Crippen molar-refractivity contribution in [3.63, 3.8) is 0 Å². The number of alkyl halides is 3. The molecule has 1 aromatic heterocycles. The molecule has 0 amide bonds. The summed E-state index contributed by atoms with van der Waals surface area (Å²) in [5.41, 5.74) is 0.385. The second-order valence-corrected chi connectivity index (χ2v) is 3.60. The van der Waals surface area contributed by atoms with Crippen LogP contribution in [-0.2, 0) is 6.18 Å². The van der Waals surface area contributed by atoms with Crippen LogP contribution in [0.25, 0.3) is 11.4 Å². The Morgan fingerprint density at radius 2 is 1.88 bits per heavy atom. The van der Waals surface area contributed by atoms with Gasteiger partial charge in [-0.3, -0.25) is 0 Å². The molecular weight excluding hydrogens is 229 g/mol. The van der Waals surface area contributed by atoms with Crippen molar-refractivity contribution in [2.45, 2.75) is 13.1 Å². The van der Waals surface area contributed by atoms with Gasteiger partial charge in [0, 0.05) is 17.5 Å². The highest BCUT2D eigenvalue weighted by molar-refractivity contribution is 5.56. The normalized spacial score (nSPS) is 11.5. The van der Waals surface area contributed by atoms with Crippen molar-refractivity contribution in [2.24, 2.45) is 0 Å². The topological polar surface area (TPSA) is 25.8 Å². The summed E-state index contributed by atoms with van der Waals surface area (Å²) in [4.78, 5) is 8.04. The lowest BCUT2D eigenvalue weighted by molar-refractivity contribution is -0.137. The van der Waals surface area contributed by atoms with E-state index in [1.165, 1.54) is 12.3 Å². The maximum Gasteiger partial charge on any atom is 0.416 e. The van der Waals surface area contributed by atoms with Gasteiger partial charge in [-0.15, -0.1) is 0 Å². The number of aryl methyl sites for hydroxylation is 1. The summed E-state index contributed by atoms with van der Waals surface area (Å²) in [5, 5.41) is 0. The molecule has 0 saturated heterocycles. The molecule has 0 aliphatic rings. The Labute approximate surface area is 96.2 Å². The van der Waals surface area contributed by atoms with E-state index in [1.807, 2.05) is 0 Å². The fraction of sp³-hybridized carbons (Fsp3) is 0.167. The molecule has 2 nitrogen and oxygen atoms in total. The predicted molar refractivity (Wildman–Crippen MR) is 57.2 cm³/mol. The van der Waals surface area contributed by atoms with Gasteiger partial charge in [0.25, 0.3) is 0 Å². The van der Waals surface area contributed by atoms with E-state index in [9.17, 15) is 13.2 Å². The lowest BCUT2D eigenvalue weighted by Gasteiger charge is -2.08. The quantitative estimate of drug-likeness (QED) is 0.760. The maximum absolute atomic E-state index is 12.5. The monoisotopic (exact) mass is 238 g/mol. The Morgan fingerprint density at radius 1 is 1.12 bits per heavy atom. The zero-order valence-electron chi connectivity index (χ0n) is 8.99. The van der Waals surface area contributed by atoms with Gasteiger partial charge in [-0.1, -0.05) is 12.1 Å². The minimum atomic E-state index is -4.35. The highest BCUT2D eigenvalue weighted by Crippen LogP contribution is 2.31. The molecule has 88 valence electrons. The molecule has 1 aromatic carbocycles. The molecule has 0 fully saturated rings. The van der Waals surface area contributed by atoms with Crippen molar-refractivity contribution in [3.05, 3.63) is 47.8 Å². The molecule has 0 aliphatic heterocycles. The maximum atomic E-state index is 12.5. The van der Waals surface area contributed by atoms with Crippen LogP contribution < -0.4 is 0 Å². The smallest absolute Gasteiger partial charge is 0.237 e. The van der Waals surface area contributed by atoms with E-state index in [1.54, 1.807) is 19.1 Å². The van der Waals surface area contributed by atoms with E-state index in [4.69, 9.17) is 0 Å². The summed E-state index contributed by atoms with van der Waals surface area (Å²) in [6, 6.07) is 6.68. The molecule has 0 N–H and O–H groups in total. The number of hydrogen-bond donors (Lipinski definition) is 0. The second kappa shape index (κ2) is 4.16. The van der Waals surface area contributed by atoms with Crippen molar-refractivity contribution < 1.29 is 13.2 Å². The van der Waals surface area contributed by atoms with Gasteiger partial charge >= 0.3 is 6.18 Å². The predicted octanol–water partition coefficient (Wildman–Crippen LogP) is 3.47. The summed E-state index contributed by atoms with van der Waals surface area (Å²) in [7, 11) is 0. The van der Waals surface area contributed by atoms with Gasteiger partial charge in [-0.25, -0.2) is 9.97 Å². The van der Waals surface area contributed by atoms with Gasteiger partial charge in [0.1, 0.15) is 0 Å². The van der Waals surface area contributed by atoms with Crippen molar-refractivity contribution in [3.8, 4) is 11.4 Å². The second-order valence-electron chi connectivity index (χ2n) is 3.60. The Hall–Kier alpha value is -1.91. The van der Waals surface area contributed by atoms with Crippen LogP contribution in [0.2, 0.25) is 0 Å². The van der Waals surface area contributed by atoms with E-state index < -0.39 is 11.7 Å². The fourth-order valence-corrected chi connectivity index (χ4v) is 1.42. The van der Waals surface area contributed by atoms with Crippen molar-refractivity contribution in [1.82, 2.24) is 9.97 Å². The number of halogens is 3. The van der Waals surface area contributed by atoms with E-state index in [0.29, 0.717) is 17.1 Å². The van der Waals surface area contributed by atoms with Crippen LogP contribution in [0.5, 0.6) is 0 Å². The van der Waals surface area contributed by atoms with Gasteiger partial charge in [-0.05, 0) is 25.1 Å². The molecule has 0 aliphatic carbocycles. The lowest BCUT2D eigenvalue weighted by atomic mass is 10.1.